The molecule has 2 atom stereocenters. The fraction of sp³-hybridized carbons (Fsp3) is 0.400. The Morgan fingerprint density at radius 1 is 1.42 bits per heavy atom. The number of ether oxygens (including phenoxy) is 1. The van der Waals surface area contributed by atoms with E-state index in [2.05, 4.69) is 25.7 Å². The van der Waals surface area contributed by atoms with Crippen molar-refractivity contribution in [2.75, 3.05) is 13.2 Å². The molecule has 24 heavy (non-hydrogen) atoms. The number of carbonyl (C=O) groups excluding carboxylic acids is 1. The first-order chi connectivity index (χ1) is 11.7. The van der Waals surface area contributed by atoms with E-state index < -0.39 is 0 Å². The van der Waals surface area contributed by atoms with Crippen LogP contribution < -0.4 is 5.32 Å². The van der Waals surface area contributed by atoms with Crippen LogP contribution in [-0.4, -0.2) is 54.9 Å². The van der Waals surface area contributed by atoms with E-state index in [-0.39, 0.29) is 24.5 Å². The molecule has 0 radical (unpaired) electrons. The molecule has 1 fully saturated rings. The van der Waals surface area contributed by atoms with Crippen molar-refractivity contribution < 1.29 is 9.53 Å². The van der Waals surface area contributed by atoms with Crippen molar-refractivity contribution in [1.29, 1.82) is 0 Å². The van der Waals surface area contributed by atoms with Gasteiger partial charge in [0.15, 0.2) is 5.65 Å². The van der Waals surface area contributed by atoms with Gasteiger partial charge in [0.1, 0.15) is 6.54 Å². The smallest absolute Gasteiger partial charge is 0.242 e. The van der Waals surface area contributed by atoms with E-state index in [0.717, 1.165) is 11.1 Å². The number of pyridine rings is 1. The number of hydrogen-bond donors (Lipinski definition) is 1. The van der Waals surface area contributed by atoms with Gasteiger partial charge in [-0.2, -0.15) is 5.10 Å². The zero-order valence-corrected chi connectivity index (χ0v) is 13.2. The van der Waals surface area contributed by atoms with E-state index in [9.17, 15) is 4.79 Å². The van der Waals surface area contributed by atoms with Crippen LogP contribution in [0.5, 0.6) is 0 Å². The van der Waals surface area contributed by atoms with Crippen LogP contribution in [0, 0.1) is 6.92 Å². The first-order valence-electron chi connectivity index (χ1n) is 7.73. The Hall–Kier alpha value is -2.81. The Morgan fingerprint density at radius 2 is 2.33 bits per heavy atom. The lowest BCUT2D eigenvalue weighted by Crippen LogP contribution is -2.42. The molecule has 9 heteroatoms. The fourth-order valence-corrected chi connectivity index (χ4v) is 3.00. The van der Waals surface area contributed by atoms with E-state index >= 15 is 0 Å². The number of nitrogens with one attached hydrogen (secondary N) is 1. The first-order valence-corrected chi connectivity index (χ1v) is 7.73. The molecule has 0 bridgehead atoms. The summed E-state index contributed by atoms with van der Waals surface area (Å²) in [5, 5.41) is 16.2. The molecule has 0 saturated carbocycles. The topological polar surface area (TPSA) is 99.8 Å². The molecule has 1 amide bonds. The molecule has 4 heterocycles. The van der Waals surface area contributed by atoms with E-state index in [1.165, 1.54) is 0 Å². The van der Waals surface area contributed by atoms with Gasteiger partial charge in [-0.3, -0.25) is 4.79 Å². The van der Waals surface area contributed by atoms with Crippen molar-refractivity contribution in [1.82, 2.24) is 35.1 Å². The second-order valence-electron chi connectivity index (χ2n) is 5.78. The number of aromatic nitrogens is 6. The zero-order valence-electron chi connectivity index (χ0n) is 13.2. The summed E-state index contributed by atoms with van der Waals surface area (Å²) in [6.07, 6.45) is 5.08. The molecule has 4 rings (SSSR count). The summed E-state index contributed by atoms with van der Waals surface area (Å²) in [6, 6.07) is 3.62. The van der Waals surface area contributed by atoms with Crippen molar-refractivity contribution in [3.8, 4) is 0 Å². The Labute approximate surface area is 137 Å². The lowest BCUT2D eigenvalue weighted by Gasteiger charge is -2.18. The minimum absolute atomic E-state index is 0.0503. The van der Waals surface area contributed by atoms with Gasteiger partial charge in [0, 0.05) is 17.8 Å². The minimum Gasteiger partial charge on any atom is -0.377 e. The summed E-state index contributed by atoms with van der Waals surface area (Å²) in [4.78, 5) is 16.8. The number of rotatable bonds is 4. The molecule has 0 aromatic carbocycles. The summed E-state index contributed by atoms with van der Waals surface area (Å²) in [5.41, 5.74) is 1.57. The van der Waals surface area contributed by atoms with Gasteiger partial charge >= 0.3 is 0 Å². The van der Waals surface area contributed by atoms with Gasteiger partial charge in [-0.05, 0) is 19.1 Å². The Morgan fingerprint density at radius 3 is 3.17 bits per heavy atom. The quantitative estimate of drug-likeness (QED) is 0.729. The molecule has 124 valence electrons. The number of fused-ring (bicyclic) bond motifs is 1. The highest BCUT2D eigenvalue weighted by Gasteiger charge is 2.31. The van der Waals surface area contributed by atoms with Crippen LogP contribution >= 0.6 is 0 Å². The van der Waals surface area contributed by atoms with E-state index in [4.69, 9.17) is 4.74 Å². The second-order valence-corrected chi connectivity index (χ2v) is 5.78. The van der Waals surface area contributed by atoms with Crippen LogP contribution in [0.4, 0.5) is 0 Å². The average molecular weight is 327 g/mol. The number of hydrogen-bond acceptors (Lipinski definition) is 6. The highest BCUT2D eigenvalue weighted by atomic mass is 16.5. The van der Waals surface area contributed by atoms with Gasteiger partial charge in [-0.15, -0.1) is 5.10 Å². The predicted octanol–water partition coefficient (Wildman–Crippen LogP) is 0.0875. The maximum absolute atomic E-state index is 12.4. The molecule has 9 nitrogen and oxygen atoms in total. The largest absolute Gasteiger partial charge is 0.377 e. The molecule has 0 spiro atoms. The molecule has 0 aliphatic carbocycles. The predicted molar refractivity (Wildman–Crippen MR) is 84.1 cm³/mol. The number of carbonyl (C=O) groups is 1. The highest BCUT2D eigenvalue weighted by molar-refractivity contribution is 5.81. The van der Waals surface area contributed by atoms with Crippen LogP contribution in [0.2, 0.25) is 0 Å². The molecule has 0 unspecified atom stereocenters. The minimum atomic E-state index is -0.143. The van der Waals surface area contributed by atoms with E-state index in [1.54, 1.807) is 28.0 Å². The van der Waals surface area contributed by atoms with Gasteiger partial charge in [-0.25, -0.2) is 14.3 Å². The zero-order chi connectivity index (χ0) is 16.5. The first kappa shape index (κ1) is 14.8. The third-order valence-electron chi connectivity index (χ3n) is 4.16. The SMILES string of the molecule is Cc1nn(CC(=O)N[C@H]2COC[C@H]2n2ccnn2)c2ncccc12. The van der Waals surface area contributed by atoms with Gasteiger partial charge < -0.3 is 10.1 Å². The third-order valence-corrected chi connectivity index (χ3v) is 4.16. The lowest BCUT2D eigenvalue weighted by atomic mass is 10.2. The molecule has 1 aliphatic rings. The van der Waals surface area contributed by atoms with E-state index in [0.29, 0.717) is 18.9 Å². The lowest BCUT2D eigenvalue weighted by molar-refractivity contribution is -0.122. The standard InChI is InChI=1S/C15H17N7O2/c1-10-11-3-2-4-16-15(11)22(19-10)7-14(23)18-12-8-24-9-13(12)21-6-5-17-20-21/h2-6,12-13H,7-9H2,1H3,(H,18,23)/t12-,13+/m0/s1. The van der Waals surface area contributed by atoms with Crippen LogP contribution in [0.25, 0.3) is 11.0 Å². The summed E-state index contributed by atoms with van der Waals surface area (Å²) < 4.78 is 8.82. The van der Waals surface area contributed by atoms with Gasteiger partial charge in [0.25, 0.3) is 0 Å². The van der Waals surface area contributed by atoms with Gasteiger partial charge in [-0.1, -0.05) is 5.21 Å². The normalized spacial score (nSPS) is 20.5. The van der Waals surface area contributed by atoms with Crippen molar-refractivity contribution in [3.63, 3.8) is 0 Å². The van der Waals surface area contributed by atoms with Crippen molar-refractivity contribution >= 4 is 16.9 Å². The molecular weight excluding hydrogens is 310 g/mol. The summed E-state index contributed by atoms with van der Waals surface area (Å²) >= 11 is 0. The Kier molecular flexibility index (Phi) is 3.69. The molecule has 1 N–H and O–H groups in total. The molecule has 1 aliphatic heterocycles. The maximum Gasteiger partial charge on any atom is 0.242 e. The van der Waals surface area contributed by atoms with Crippen LogP contribution in [0.15, 0.2) is 30.7 Å². The molecule has 1 saturated heterocycles. The Bertz CT molecular complexity index is 858. The number of aryl methyl sites for hydroxylation is 1. The molecule has 3 aromatic rings. The van der Waals surface area contributed by atoms with Crippen LogP contribution in [0.1, 0.15) is 11.7 Å². The number of nitrogens with zero attached hydrogens (tertiary/aromatic N) is 6. The second kappa shape index (κ2) is 6.00. The summed E-state index contributed by atoms with van der Waals surface area (Å²) in [7, 11) is 0. The summed E-state index contributed by atoms with van der Waals surface area (Å²) in [5.74, 6) is -0.134. The number of amides is 1. The van der Waals surface area contributed by atoms with Crippen molar-refractivity contribution in [2.45, 2.75) is 25.6 Å². The molecule has 3 aromatic heterocycles. The van der Waals surface area contributed by atoms with Crippen LogP contribution in [0.3, 0.4) is 0 Å². The van der Waals surface area contributed by atoms with E-state index in [1.807, 2.05) is 19.1 Å². The Balaban J connectivity index is 1.48. The van der Waals surface area contributed by atoms with Gasteiger partial charge in [0.2, 0.25) is 5.91 Å². The monoisotopic (exact) mass is 327 g/mol. The fourth-order valence-electron chi connectivity index (χ4n) is 3.00. The van der Waals surface area contributed by atoms with Gasteiger partial charge in [0.05, 0.1) is 37.2 Å². The molecular formula is C15H17N7O2. The third kappa shape index (κ3) is 2.62. The van der Waals surface area contributed by atoms with Crippen molar-refractivity contribution in [3.05, 3.63) is 36.4 Å². The summed E-state index contributed by atoms with van der Waals surface area (Å²) in [6.45, 7) is 2.97. The average Bonchev–Trinajstić information content (AvgIpc) is 3.29. The van der Waals surface area contributed by atoms with Crippen molar-refractivity contribution in [2.24, 2.45) is 0 Å². The maximum atomic E-state index is 12.4. The van der Waals surface area contributed by atoms with Crippen LogP contribution in [-0.2, 0) is 16.1 Å². The highest BCUT2D eigenvalue weighted by Crippen LogP contribution is 2.19.